The minimum absolute atomic E-state index is 0.164. The summed E-state index contributed by atoms with van der Waals surface area (Å²) in [6.45, 7) is 6.31. The van der Waals surface area contributed by atoms with Crippen molar-refractivity contribution < 1.29 is 19.0 Å². The second-order valence-electron chi connectivity index (χ2n) is 9.62. The summed E-state index contributed by atoms with van der Waals surface area (Å²) < 4.78 is 25.5. The molecule has 1 saturated heterocycles. The Kier molecular flexibility index (Phi) is 6.78. The molecule has 5 rings (SSSR count). The molecule has 3 aromatic rings. The van der Waals surface area contributed by atoms with Gasteiger partial charge in [0.2, 0.25) is 0 Å². The smallest absolute Gasteiger partial charge is 0.150 e. The maximum absolute atomic E-state index is 13.0. The standard InChI is InChI=1S/C30H32FNO3/c1-20(32-15-14-22(17-31)18-32)19-34-26-11-8-24(9-12-26)30-29(23-6-4-3-5-7-23)21(2)27-16-25(33)10-13-28(27)35-30/h3-13,16,20,22,30,33H,14-15,17-19H2,1-2H3/t20-,22-,30?/m0/s1. The number of benzene rings is 3. The van der Waals surface area contributed by atoms with Crippen molar-refractivity contribution in [2.24, 2.45) is 5.92 Å². The van der Waals surface area contributed by atoms with Crippen LogP contribution in [0, 0.1) is 5.92 Å². The number of hydrogen-bond donors (Lipinski definition) is 1. The zero-order valence-electron chi connectivity index (χ0n) is 20.3. The largest absolute Gasteiger partial charge is 0.508 e. The molecule has 1 unspecified atom stereocenters. The van der Waals surface area contributed by atoms with Crippen LogP contribution >= 0.6 is 0 Å². The van der Waals surface area contributed by atoms with Gasteiger partial charge in [-0.3, -0.25) is 9.29 Å². The Morgan fingerprint density at radius 3 is 2.57 bits per heavy atom. The van der Waals surface area contributed by atoms with Crippen molar-refractivity contribution in [1.82, 2.24) is 4.90 Å². The number of hydrogen-bond acceptors (Lipinski definition) is 4. The third-order valence-electron chi connectivity index (χ3n) is 7.20. The number of ether oxygens (including phenoxy) is 2. The van der Waals surface area contributed by atoms with E-state index >= 15 is 0 Å². The van der Waals surface area contributed by atoms with Crippen LogP contribution in [0.2, 0.25) is 0 Å². The van der Waals surface area contributed by atoms with Gasteiger partial charge in [0.15, 0.2) is 0 Å². The fraction of sp³-hybridized carbons (Fsp3) is 0.333. The van der Waals surface area contributed by atoms with E-state index in [4.69, 9.17) is 9.47 Å². The zero-order chi connectivity index (χ0) is 24.4. The van der Waals surface area contributed by atoms with Gasteiger partial charge in [-0.15, -0.1) is 0 Å². The molecule has 0 aliphatic carbocycles. The van der Waals surface area contributed by atoms with E-state index in [0.29, 0.717) is 6.61 Å². The Bertz CT molecular complexity index is 1190. The van der Waals surface area contributed by atoms with Crippen LogP contribution in [0.1, 0.15) is 43.1 Å². The van der Waals surface area contributed by atoms with Crippen LogP contribution < -0.4 is 9.47 Å². The first-order valence-electron chi connectivity index (χ1n) is 12.3. The van der Waals surface area contributed by atoms with Crippen LogP contribution in [0.3, 0.4) is 0 Å². The highest BCUT2D eigenvalue weighted by molar-refractivity contribution is 5.95. The third-order valence-corrected chi connectivity index (χ3v) is 7.20. The summed E-state index contributed by atoms with van der Waals surface area (Å²) in [5.41, 5.74) is 5.21. The molecule has 0 radical (unpaired) electrons. The lowest BCUT2D eigenvalue weighted by atomic mass is 9.86. The summed E-state index contributed by atoms with van der Waals surface area (Å²) >= 11 is 0. The number of fused-ring (bicyclic) bond motifs is 1. The van der Waals surface area contributed by atoms with Crippen molar-refractivity contribution in [3.63, 3.8) is 0 Å². The molecule has 182 valence electrons. The summed E-state index contributed by atoms with van der Waals surface area (Å²) in [7, 11) is 0. The molecule has 4 nitrogen and oxygen atoms in total. The van der Waals surface area contributed by atoms with E-state index in [2.05, 4.69) is 43.0 Å². The van der Waals surface area contributed by atoms with Crippen molar-refractivity contribution >= 4 is 11.1 Å². The number of phenolic OH excluding ortho intramolecular Hbond substituents is 1. The van der Waals surface area contributed by atoms with Gasteiger partial charge in [0.25, 0.3) is 0 Å². The molecule has 3 atom stereocenters. The van der Waals surface area contributed by atoms with Crippen LogP contribution in [-0.2, 0) is 0 Å². The SMILES string of the molecule is CC1=C(c2ccccc2)C(c2ccc(OC[C@H](C)N3CC[C@@H](CF)C3)cc2)Oc2ccc(O)cc21. The molecule has 35 heavy (non-hydrogen) atoms. The van der Waals surface area contributed by atoms with Crippen LogP contribution in [0.5, 0.6) is 17.2 Å². The van der Waals surface area contributed by atoms with Crippen LogP contribution in [0.15, 0.2) is 72.8 Å². The van der Waals surface area contributed by atoms with E-state index in [1.54, 1.807) is 12.1 Å². The van der Waals surface area contributed by atoms with Gasteiger partial charge in [0, 0.05) is 29.6 Å². The minimum Gasteiger partial charge on any atom is -0.508 e. The van der Waals surface area contributed by atoms with E-state index in [9.17, 15) is 9.50 Å². The van der Waals surface area contributed by atoms with Gasteiger partial charge in [-0.25, -0.2) is 0 Å². The lowest BCUT2D eigenvalue weighted by molar-refractivity contribution is 0.165. The molecule has 0 saturated carbocycles. The molecule has 2 heterocycles. The van der Waals surface area contributed by atoms with Crippen molar-refractivity contribution in [1.29, 1.82) is 0 Å². The van der Waals surface area contributed by atoms with Crippen LogP contribution in [-0.4, -0.2) is 42.4 Å². The fourth-order valence-electron chi connectivity index (χ4n) is 5.11. The lowest BCUT2D eigenvalue weighted by Gasteiger charge is -2.31. The fourth-order valence-corrected chi connectivity index (χ4v) is 5.11. The number of allylic oxidation sites excluding steroid dienone is 1. The molecular weight excluding hydrogens is 441 g/mol. The summed E-state index contributed by atoms with van der Waals surface area (Å²) in [6, 6.07) is 23.8. The molecule has 5 heteroatoms. The van der Waals surface area contributed by atoms with E-state index in [1.165, 1.54) is 0 Å². The van der Waals surface area contributed by atoms with E-state index in [0.717, 1.165) is 58.8 Å². The summed E-state index contributed by atoms with van der Waals surface area (Å²) in [5.74, 6) is 1.96. The Labute approximate surface area is 206 Å². The third kappa shape index (κ3) is 4.92. The molecule has 3 aromatic carbocycles. The van der Waals surface area contributed by atoms with Gasteiger partial charge in [0.05, 0.1) is 6.67 Å². The van der Waals surface area contributed by atoms with Gasteiger partial charge >= 0.3 is 0 Å². The highest BCUT2D eigenvalue weighted by Gasteiger charge is 2.30. The quantitative estimate of drug-likeness (QED) is 0.424. The second kappa shape index (κ2) is 10.1. The Morgan fingerprint density at radius 2 is 1.86 bits per heavy atom. The normalized spacial score (nSPS) is 20.9. The van der Waals surface area contributed by atoms with E-state index in [1.807, 2.05) is 36.4 Å². The molecule has 1 fully saturated rings. The number of nitrogens with zero attached hydrogens (tertiary/aromatic N) is 1. The number of halogens is 1. The number of phenols is 1. The van der Waals surface area contributed by atoms with Gasteiger partial charge < -0.3 is 14.6 Å². The van der Waals surface area contributed by atoms with Crippen molar-refractivity contribution in [2.75, 3.05) is 26.4 Å². The maximum atomic E-state index is 13.0. The topological polar surface area (TPSA) is 41.9 Å². The van der Waals surface area contributed by atoms with Crippen LogP contribution in [0.25, 0.3) is 11.1 Å². The molecule has 2 aliphatic heterocycles. The average Bonchev–Trinajstić information content (AvgIpc) is 3.38. The molecule has 2 aliphatic rings. The average molecular weight is 474 g/mol. The number of aromatic hydroxyl groups is 1. The van der Waals surface area contributed by atoms with E-state index < -0.39 is 0 Å². The van der Waals surface area contributed by atoms with Crippen molar-refractivity contribution in [3.8, 4) is 17.2 Å². The molecule has 1 N–H and O–H groups in total. The maximum Gasteiger partial charge on any atom is 0.150 e. The highest BCUT2D eigenvalue weighted by atomic mass is 19.1. The predicted molar refractivity (Wildman–Crippen MR) is 137 cm³/mol. The Balaban J connectivity index is 1.36. The molecule has 0 amide bonds. The van der Waals surface area contributed by atoms with Crippen molar-refractivity contribution in [2.45, 2.75) is 32.4 Å². The summed E-state index contributed by atoms with van der Waals surface area (Å²) in [6.07, 6.45) is 0.653. The molecule has 0 aromatic heterocycles. The minimum atomic E-state index is -0.273. The number of likely N-dealkylation sites (tertiary alicyclic amines) is 1. The first-order chi connectivity index (χ1) is 17.0. The van der Waals surface area contributed by atoms with Gasteiger partial charge in [-0.05, 0) is 73.8 Å². The highest BCUT2D eigenvalue weighted by Crippen LogP contribution is 2.47. The van der Waals surface area contributed by atoms with Crippen LogP contribution in [0.4, 0.5) is 4.39 Å². The number of alkyl halides is 1. The summed E-state index contributed by atoms with van der Waals surface area (Å²) in [4.78, 5) is 2.31. The zero-order valence-corrected chi connectivity index (χ0v) is 20.3. The van der Waals surface area contributed by atoms with Gasteiger partial charge in [-0.2, -0.15) is 0 Å². The molecule has 0 spiro atoms. The Hall–Kier alpha value is -3.31. The first-order valence-corrected chi connectivity index (χ1v) is 12.3. The lowest BCUT2D eigenvalue weighted by Crippen LogP contribution is -2.35. The monoisotopic (exact) mass is 473 g/mol. The van der Waals surface area contributed by atoms with Gasteiger partial charge in [0.1, 0.15) is 30.0 Å². The summed E-state index contributed by atoms with van der Waals surface area (Å²) in [5, 5.41) is 10.0. The number of rotatable bonds is 7. The molecule has 0 bridgehead atoms. The van der Waals surface area contributed by atoms with Crippen molar-refractivity contribution in [3.05, 3.63) is 89.5 Å². The van der Waals surface area contributed by atoms with Gasteiger partial charge in [-0.1, -0.05) is 42.5 Å². The first kappa shape index (κ1) is 23.4. The Morgan fingerprint density at radius 1 is 1.09 bits per heavy atom. The van der Waals surface area contributed by atoms with E-state index in [-0.39, 0.29) is 30.5 Å². The second-order valence-corrected chi connectivity index (χ2v) is 9.62. The molecular formula is C30H32FNO3. The predicted octanol–water partition coefficient (Wildman–Crippen LogP) is 6.52.